The molecule has 0 aliphatic rings. The summed E-state index contributed by atoms with van der Waals surface area (Å²) >= 11 is 0. The Morgan fingerprint density at radius 2 is 1.67 bits per heavy atom. The van der Waals surface area contributed by atoms with E-state index in [4.69, 9.17) is 15.3 Å². The summed E-state index contributed by atoms with van der Waals surface area (Å²) in [6.45, 7) is 0. The zero-order valence-electron chi connectivity index (χ0n) is 2.60. The van der Waals surface area contributed by atoms with E-state index in [9.17, 15) is 0 Å². The van der Waals surface area contributed by atoms with E-state index in [1.165, 1.54) is 0 Å². The van der Waals surface area contributed by atoms with Gasteiger partial charge in [-0.25, -0.2) is 0 Å². The number of hydrogen-bond donors (Lipinski definition) is 1. The molecule has 0 rings (SSSR count). The van der Waals surface area contributed by atoms with E-state index in [-0.39, 0.29) is 35.6 Å². The maximum atomic E-state index is 8.36. The Balaban J connectivity index is -0.0000000450. The van der Waals surface area contributed by atoms with Crippen molar-refractivity contribution in [1.29, 1.82) is 0 Å². The van der Waals surface area contributed by atoms with Gasteiger partial charge in [-0.1, -0.05) is 0 Å². The molecule has 0 amide bonds. The minimum Gasteiger partial charge on any atom is -0.328 e. The Labute approximate surface area is 55.9 Å². The van der Waals surface area contributed by atoms with Crippen LogP contribution in [0.5, 0.6) is 0 Å². The van der Waals surface area contributed by atoms with Crippen LogP contribution in [0.1, 0.15) is 0 Å². The van der Waals surface area contributed by atoms with Crippen molar-refractivity contribution in [1.82, 2.24) is 0 Å². The van der Waals surface area contributed by atoms with Crippen LogP contribution in [0.25, 0.3) is 0 Å². The van der Waals surface area contributed by atoms with Crippen molar-refractivity contribution in [2.45, 2.75) is 0 Å². The first kappa shape index (κ1) is 18.2. The molecule has 0 aromatic heterocycles. The molecule has 0 fully saturated rings. The average molecular weight is 453 g/mol. The van der Waals surface area contributed by atoms with E-state index in [1.54, 1.807) is 0 Å². The predicted octanol–water partition coefficient (Wildman–Crippen LogP) is -0.348. The summed E-state index contributed by atoms with van der Waals surface area (Å²) in [7, 11) is 0. The summed E-state index contributed by atoms with van der Waals surface area (Å²) in [5, 5.41) is 13.6. The fourth-order valence-electron chi connectivity index (χ4n) is 0. The Bertz CT molecular complexity index is 33.8. The Hall–Kier alpha value is -0.605. The summed E-state index contributed by atoms with van der Waals surface area (Å²) in [5.41, 5.74) is 0. The van der Waals surface area contributed by atoms with Crippen LogP contribution in [0.15, 0.2) is 0 Å². The van der Waals surface area contributed by atoms with Crippen LogP contribution in [-0.2, 0) is 0 Å². The maximum absolute atomic E-state index is 8.36. The smallest absolute Gasteiger partial charge is 0.291 e. The molecule has 0 unspecified atom stereocenters. The van der Waals surface area contributed by atoms with Crippen LogP contribution in [0, 0.1) is 45.7 Å². The molecule has 4 nitrogen and oxygen atoms in total. The normalized spacial score (nSPS) is 4.00. The molecule has 1 N–H and O–H groups in total. The molecule has 0 atom stereocenters. The van der Waals surface area contributed by atoms with E-state index in [1.807, 2.05) is 0 Å². The summed E-state index contributed by atoms with van der Waals surface area (Å²) in [6, 6.07) is 0. The molecule has 0 aromatic carbocycles. The standard InChI is InChI=1S/Cf.La.HNO3/c;;2-1(3)4/h;;(H,2,3,4). The zero-order valence-corrected chi connectivity index (χ0v) is 8.86. The Morgan fingerprint density at radius 3 is 1.67 bits per heavy atom. The first-order valence-corrected chi connectivity index (χ1v) is 0.565. The fraction of sp³-hybridized carbons (Fsp3) is 0. The number of rotatable bonds is 0. The molecular formula is HCfLaNO3. The summed E-state index contributed by atoms with van der Waals surface area (Å²) < 4.78 is 0. The first-order valence-electron chi connectivity index (χ1n) is 0.565. The zero-order chi connectivity index (χ0) is 3.58. The third-order valence-corrected chi connectivity index (χ3v) is 0. The molecule has 0 saturated carbocycles. The van der Waals surface area contributed by atoms with Gasteiger partial charge in [-0.3, -0.25) is 0 Å². The molecule has 0 aliphatic heterocycles. The topological polar surface area (TPSA) is 63.4 Å². The quantitative estimate of drug-likeness (QED) is 0.404. The molecule has 1 radical (unpaired) electrons. The SMILES string of the molecule is O=[N+]([O-])O.[Cf].[La]. The maximum Gasteiger partial charge on any atom is 0.291 e. The predicted molar refractivity (Wildman–Crippen MR) is 8.78 cm³/mol. The van der Waals surface area contributed by atoms with Crippen LogP contribution < -0.4 is 0 Å². The minimum absolute atomic E-state index is 0. The number of nitrogens with zero attached hydrogens (tertiary/aromatic N) is 1. The van der Waals surface area contributed by atoms with E-state index >= 15 is 0 Å². The molecule has 0 spiro atoms. The average Bonchev–Trinajstić information content (AvgIpc) is 0.811. The largest absolute Gasteiger partial charge is 0.328 e. The van der Waals surface area contributed by atoms with Crippen molar-refractivity contribution in [2.75, 3.05) is 0 Å². The molecule has 0 aromatic rings. The van der Waals surface area contributed by atoms with Gasteiger partial charge in [-0.05, 0) is 0 Å². The van der Waals surface area contributed by atoms with Crippen LogP contribution in [0.2, 0.25) is 0 Å². The molecule has 0 bridgehead atoms. The molecule has 6 heteroatoms. The van der Waals surface area contributed by atoms with Crippen molar-refractivity contribution < 1.29 is 45.9 Å². The van der Waals surface area contributed by atoms with Crippen molar-refractivity contribution >= 4 is 0 Å². The van der Waals surface area contributed by atoms with E-state index in [0.29, 0.717) is 0 Å². The van der Waals surface area contributed by atoms with E-state index in [2.05, 4.69) is 0 Å². The van der Waals surface area contributed by atoms with Gasteiger partial charge in [0, 0.05) is 35.6 Å². The van der Waals surface area contributed by atoms with Crippen molar-refractivity contribution in [2.24, 2.45) is 0 Å². The van der Waals surface area contributed by atoms with Gasteiger partial charge in [0.1, 0.15) is 0 Å². The van der Waals surface area contributed by atoms with Gasteiger partial charge in [0.15, 0.2) is 0 Å². The molecule has 0 heterocycles. The third kappa shape index (κ3) is 53.2. The van der Waals surface area contributed by atoms with Gasteiger partial charge < -0.3 is 5.21 Å². The second-order valence-electron chi connectivity index (χ2n) is 0.238. The summed E-state index contributed by atoms with van der Waals surface area (Å²) in [4.78, 5) is 8.36. The second-order valence-corrected chi connectivity index (χ2v) is 0.238. The van der Waals surface area contributed by atoms with Crippen LogP contribution in [0.4, 0.5) is 0 Å². The van der Waals surface area contributed by atoms with Crippen LogP contribution in [-0.4, -0.2) is 10.3 Å². The molecular weight excluding hydrogens is 452 g/mol. The van der Waals surface area contributed by atoms with Crippen LogP contribution in [0.3, 0.4) is 0 Å². The van der Waals surface area contributed by atoms with Crippen molar-refractivity contribution in [3.8, 4) is 0 Å². The minimum atomic E-state index is -1.50. The molecule has 0 aliphatic carbocycles. The molecule has 37 valence electrons. The Kier molecular flexibility index (Phi) is 26.7. The Morgan fingerprint density at radius 1 is 1.67 bits per heavy atom. The van der Waals surface area contributed by atoms with E-state index in [0.717, 1.165) is 0 Å². The van der Waals surface area contributed by atoms with E-state index < -0.39 is 5.09 Å². The molecule has 0 saturated heterocycles. The monoisotopic (exact) mass is 451 g/mol. The van der Waals surface area contributed by atoms with Crippen LogP contribution >= 0.6 is 0 Å². The molecule has 6 heavy (non-hydrogen) atoms. The first-order chi connectivity index (χ1) is 1.73. The van der Waals surface area contributed by atoms with Gasteiger partial charge in [0.05, 0.1) is 0 Å². The summed E-state index contributed by atoms with van der Waals surface area (Å²) in [5.74, 6) is 0. The van der Waals surface area contributed by atoms with Gasteiger partial charge in [-0.2, -0.15) is 0 Å². The van der Waals surface area contributed by atoms with Gasteiger partial charge in [0.25, 0.3) is 5.09 Å². The van der Waals surface area contributed by atoms with Gasteiger partial charge >= 0.3 is 0 Å². The number of hydrogen-bond acceptors (Lipinski definition) is 2. The van der Waals surface area contributed by atoms with Crippen molar-refractivity contribution in [3.05, 3.63) is 10.1 Å². The third-order valence-electron chi connectivity index (χ3n) is 0. The fourth-order valence-corrected chi connectivity index (χ4v) is 0. The van der Waals surface area contributed by atoms with Crippen molar-refractivity contribution in [3.63, 3.8) is 0 Å². The van der Waals surface area contributed by atoms with Gasteiger partial charge in [-0.15, -0.1) is 10.1 Å². The van der Waals surface area contributed by atoms with Gasteiger partial charge in [0.2, 0.25) is 0 Å². The second kappa shape index (κ2) is 8.83. The summed E-state index contributed by atoms with van der Waals surface area (Å²) in [6.07, 6.45) is 0.